The van der Waals surface area contributed by atoms with Gasteiger partial charge in [-0.2, -0.15) is 0 Å². The van der Waals surface area contributed by atoms with Gasteiger partial charge < -0.3 is 0 Å². The lowest BCUT2D eigenvalue weighted by atomic mass is 10.0. The fourth-order valence-electron chi connectivity index (χ4n) is 9.39. The predicted octanol–water partition coefficient (Wildman–Crippen LogP) is 22.6. The van der Waals surface area contributed by atoms with E-state index in [-0.39, 0.29) is 0 Å². The zero-order valence-corrected chi connectivity index (χ0v) is 41.3. The molecule has 0 fully saturated rings. The standard InChI is InChI=1S/C58H116/c1-3-5-7-9-11-13-15-17-19-21-23-25-27-29-31-33-35-37-39-41-43-45-47-49-51-53-55-57-58-56-54-52-50-48-46-44-42-40-38-36-34-32-30-28-26-24-22-20-18-16-14-12-10-8-6-4-2/h57-58H,3-56H2,1-2H3. The van der Waals surface area contributed by atoms with Crippen LogP contribution in [0.2, 0.25) is 0 Å². The van der Waals surface area contributed by atoms with E-state index in [4.69, 9.17) is 0 Å². The predicted molar refractivity (Wildman–Crippen MR) is 270 cm³/mol. The third-order valence-electron chi connectivity index (χ3n) is 13.6. The topological polar surface area (TPSA) is 0 Å². The van der Waals surface area contributed by atoms with Crippen LogP contribution in [0.25, 0.3) is 0 Å². The lowest BCUT2D eigenvalue weighted by Crippen LogP contribution is -1.85. The number of hydrogen-bond donors (Lipinski definition) is 0. The van der Waals surface area contributed by atoms with Crippen molar-refractivity contribution in [3.8, 4) is 0 Å². The fraction of sp³-hybridized carbons (Fsp3) is 0.966. The van der Waals surface area contributed by atoms with Crippen molar-refractivity contribution in [2.45, 2.75) is 361 Å². The Hall–Kier alpha value is -0.260. The Morgan fingerprint density at radius 1 is 0.138 bits per heavy atom. The van der Waals surface area contributed by atoms with Crippen LogP contribution in [-0.2, 0) is 0 Å². The van der Waals surface area contributed by atoms with Crippen molar-refractivity contribution in [3.63, 3.8) is 0 Å². The van der Waals surface area contributed by atoms with Crippen LogP contribution in [0.5, 0.6) is 0 Å². The van der Waals surface area contributed by atoms with Gasteiger partial charge in [0.15, 0.2) is 0 Å². The molecule has 0 nitrogen and oxygen atoms in total. The van der Waals surface area contributed by atoms with Crippen LogP contribution in [0.4, 0.5) is 0 Å². The summed E-state index contributed by atoms with van der Waals surface area (Å²) < 4.78 is 0. The van der Waals surface area contributed by atoms with Crippen molar-refractivity contribution in [1.82, 2.24) is 0 Å². The molecule has 348 valence electrons. The minimum absolute atomic E-state index is 1.32. The third-order valence-corrected chi connectivity index (χ3v) is 13.6. The molecule has 58 heavy (non-hydrogen) atoms. The maximum atomic E-state index is 2.49. The molecular formula is C58H116. The Kier molecular flexibility index (Phi) is 56.5. The van der Waals surface area contributed by atoms with Crippen molar-refractivity contribution in [2.75, 3.05) is 0 Å². The Morgan fingerprint density at radius 3 is 0.362 bits per heavy atom. The first-order valence-corrected chi connectivity index (χ1v) is 28.6. The van der Waals surface area contributed by atoms with Gasteiger partial charge in [-0.05, 0) is 25.7 Å². The molecule has 0 aromatic heterocycles. The molecule has 0 aliphatic rings. The molecule has 0 saturated carbocycles. The van der Waals surface area contributed by atoms with Crippen molar-refractivity contribution in [1.29, 1.82) is 0 Å². The summed E-state index contributed by atoms with van der Waals surface area (Å²) in [7, 11) is 0. The third kappa shape index (κ3) is 55.7. The van der Waals surface area contributed by atoms with Gasteiger partial charge in [0.2, 0.25) is 0 Å². The van der Waals surface area contributed by atoms with Gasteiger partial charge in [-0.25, -0.2) is 0 Å². The molecule has 0 heteroatoms. The summed E-state index contributed by atoms with van der Waals surface area (Å²) in [5.74, 6) is 0. The number of allylic oxidation sites excluding steroid dienone is 2. The molecule has 0 saturated heterocycles. The molecule has 0 heterocycles. The fourth-order valence-corrected chi connectivity index (χ4v) is 9.39. The quantitative estimate of drug-likeness (QED) is 0.0424. The van der Waals surface area contributed by atoms with E-state index in [2.05, 4.69) is 26.0 Å². The van der Waals surface area contributed by atoms with Crippen LogP contribution in [-0.4, -0.2) is 0 Å². The van der Waals surface area contributed by atoms with E-state index < -0.39 is 0 Å². The molecule has 0 unspecified atom stereocenters. The highest BCUT2D eigenvalue weighted by molar-refractivity contribution is 4.81. The van der Waals surface area contributed by atoms with Crippen molar-refractivity contribution >= 4 is 0 Å². The lowest BCUT2D eigenvalue weighted by Gasteiger charge is -2.04. The van der Waals surface area contributed by atoms with Gasteiger partial charge in [-0.15, -0.1) is 0 Å². The van der Waals surface area contributed by atoms with Gasteiger partial charge in [0.05, 0.1) is 0 Å². The normalized spacial score (nSPS) is 11.8. The van der Waals surface area contributed by atoms with Gasteiger partial charge in [0.1, 0.15) is 0 Å². The van der Waals surface area contributed by atoms with E-state index in [1.54, 1.807) is 0 Å². The van der Waals surface area contributed by atoms with E-state index in [0.29, 0.717) is 0 Å². The summed E-state index contributed by atoms with van der Waals surface area (Å²) in [6.45, 7) is 4.63. The molecule has 0 spiro atoms. The van der Waals surface area contributed by atoms with Gasteiger partial charge >= 0.3 is 0 Å². The molecule has 0 N–H and O–H groups in total. The first-order valence-electron chi connectivity index (χ1n) is 28.6. The number of rotatable bonds is 54. The van der Waals surface area contributed by atoms with Crippen LogP contribution < -0.4 is 0 Å². The smallest absolute Gasteiger partial charge is 0.0351 e. The number of unbranched alkanes of at least 4 members (excludes halogenated alkanes) is 52. The van der Waals surface area contributed by atoms with Crippen LogP contribution >= 0.6 is 0 Å². The number of hydrogen-bond acceptors (Lipinski definition) is 0. The first kappa shape index (κ1) is 57.7. The van der Waals surface area contributed by atoms with E-state index in [1.807, 2.05) is 0 Å². The van der Waals surface area contributed by atoms with Crippen LogP contribution in [0.3, 0.4) is 0 Å². The summed E-state index contributed by atoms with van der Waals surface area (Å²) in [6.07, 6.45) is 84.4. The molecule has 0 aromatic carbocycles. The molecule has 0 bridgehead atoms. The Bertz CT molecular complexity index is 632. The highest BCUT2D eigenvalue weighted by atomic mass is 14.1. The zero-order valence-electron chi connectivity index (χ0n) is 41.3. The average molecular weight is 814 g/mol. The van der Waals surface area contributed by atoms with Crippen LogP contribution in [0.15, 0.2) is 12.2 Å². The Balaban J connectivity index is 3.10. The zero-order chi connectivity index (χ0) is 41.6. The van der Waals surface area contributed by atoms with Gasteiger partial charge in [-0.3, -0.25) is 0 Å². The highest BCUT2D eigenvalue weighted by Crippen LogP contribution is 2.18. The van der Waals surface area contributed by atoms with Crippen molar-refractivity contribution < 1.29 is 0 Å². The van der Waals surface area contributed by atoms with E-state index in [9.17, 15) is 0 Å². The molecular weight excluding hydrogens is 697 g/mol. The van der Waals surface area contributed by atoms with E-state index in [0.717, 1.165) is 0 Å². The SMILES string of the molecule is CCCCCCCCCCCCCCCCCCCCCCCCCCCCC=CCCCCCCCCCCCCCCCCCCCCCCCCCCCC. The lowest BCUT2D eigenvalue weighted by molar-refractivity contribution is 0.515. The summed E-state index contributed by atoms with van der Waals surface area (Å²) in [4.78, 5) is 0. The minimum atomic E-state index is 1.32. The Morgan fingerprint density at radius 2 is 0.241 bits per heavy atom. The molecule has 0 aliphatic carbocycles. The second kappa shape index (κ2) is 56.7. The second-order valence-electron chi connectivity index (χ2n) is 19.7. The second-order valence-corrected chi connectivity index (χ2v) is 19.7. The van der Waals surface area contributed by atoms with Crippen LogP contribution in [0, 0.1) is 0 Å². The first-order chi connectivity index (χ1) is 28.9. The molecule has 0 aliphatic heterocycles. The molecule has 0 atom stereocenters. The molecule has 0 amide bonds. The highest BCUT2D eigenvalue weighted by Gasteiger charge is 1.99. The van der Waals surface area contributed by atoms with Gasteiger partial charge in [0, 0.05) is 0 Å². The Labute approximate surface area is 371 Å². The summed E-state index contributed by atoms with van der Waals surface area (Å²) in [5, 5.41) is 0. The molecule has 0 rings (SSSR count). The molecule has 0 aromatic rings. The van der Waals surface area contributed by atoms with E-state index in [1.165, 1.54) is 347 Å². The van der Waals surface area contributed by atoms with E-state index >= 15 is 0 Å². The average Bonchev–Trinajstić information content (AvgIpc) is 3.23. The van der Waals surface area contributed by atoms with Crippen molar-refractivity contribution in [2.24, 2.45) is 0 Å². The maximum absolute atomic E-state index is 2.49. The van der Waals surface area contributed by atoms with Gasteiger partial charge in [-0.1, -0.05) is 347 Å². The monoisotopic (exact) mass is 813 g/mol. The maximum Gasteiger partial charge on any atom is -0.0351 e. The van der Waals surface area contributed by atoms with Crippen LogP contribution in [0.1, 0.15) is 361 Å². The largest absolute Gasteiger partial charge is 0.0885 e. The van der Waals surface area contributed by atoms with Gasteiger partial charge in [0.25, 0.3) is 0 Å². The minimum Gasteiger partial charge on any atom is -0.0885 e. The summed E-state index contributed by atoms with van der Waals surface area (Å²) in [5.41, 5.74) is 0. The summed E-state index contributed by atoms with van der Waals surface area (Å²) >= 11 is 0. The molecule has 0 radical (unpaired) electrons. The summed E-state index contributed by atoms with van der Waals surface area (Å²) in [6, 6.07) is 0. The van der Waals surface area contributed by atoms with Crippen molar-refractivity contribution in [3.05, 3.63) is 12.2 Å².